The highest BCUT2D eigenvalue weighted by atomic mass is 16.8. The molecule has 0 spiro atoms. The number of rotatable bonds is 9. The minimum Gasteiger partial charge on any atom is -0.481 e. The van der Waals surface area contributed by atoms with Gasteiger partial charge in [-0.25, -0.2) is 0 Å². The number of carbonyl (C=O) groups is 1. The topological polar surface area (TPSA) is 295 Å². The lowest BCUT2D eigenvalue weighted by atomic mass is 9.33. The SMILES string of the molecule is CC1(C)CC[C@]2(C(=O)O)[C@H](O)C[C@]3(C)C(=CC[C@@H]4[C@@]5(C)CC[C@H](O[C@@H]6OC[C@H](O)[C@H](O[C@@H]7O[C@H](CO)[C@@H](O)[C@H](O)[C@H]7O)[C@H]6O[C@@H]6O[C@H](CO)[C@@H](O)[C@H](O)[C@H]6O)C(C)(C)[C@@H]5CC[C@]43C)[C@@H]2C1. The number of carboxylic acids is 1. The molecule has 0 bridgehead atoms. The Balaban J connectivity index is 1.08. The van der Waals surface area contributed by atoms with Crippen molar-refractivity contribution >= 4 is 5.97 Å². The molecule has 18 nitrogen and oxygen atoms in total. The largest absolute Gasteiger partial charge is 0.481 e. The fourth-order valence-electron chi connectivity index (χ4n) is 15.0. The lowest BCUT2D eigenvalue weighted by molar-refractivity contribution is -0.389. The summed E-state index contributed by atoms with van der Waals surface area (Å²) >= 11 is 0. The maximum atomic E-state index is 13.2. The molecule has 7 fully saturated rings. The molecule has 0 radical (unpaired) electrons. The molecule has 0 amide bonds. The molecule has 0 aromatic heterocycles. The van der Waals surface area contributed by atoms with Crippen molar-refractivity contribution in [3.63, 3.8) is 0 Å². The van der Waals surface area contributed by atoms with E-state index >= 15 is 0 Å². The Morgan fingerprint density at radius 1 is 0.677 bits per heavy atom. The van der Waals surface area contributed by atoms with Crippen molar-refractivity contribution in [3.05, 3.63) is 11.6 Å². The average Bonchev–Trinajstić information content (AvgIpc) is 3.23. The molecule has 0 aromatic carbocycles. The van der Waals surface area contributed by atoms with E-state index in [0.29, 0.717) is 25.7 Å². The van der Waals surface area contributed by atoms with E-state index in [4.69, 9.17) is 28.4 Å². The zero-order valence-electron chi connectivity index (χ0n) is 38.8. The second-order valence-corrected chi connectivity index (χ2v) is 23.1. The summed E-state index contributed by atoms with van der Waals surface area (Å²) in [5, 5.41) is 118. The van der Waals surface area contributed by atoms with Gasteiger partial charge in [0.25, 0.3) is 0 Å². The van der Waals surface area contributed by atoms with Crippen molar-refractivity contribution < 1.29 is 89.4 Å². The molecule has 3 aliphatic heterocycles. The minimum absolute atomic E-state index is 0.0582. The predicted octanol–water partition coefficient (Wildman–Crippen LogP) is 0.316. The zero-order chi connectivity index (χ0) is 47.6. The number of ether oxygens (including phenoxy) is 6. The van der Waals surface area contributed by atoms with Crippen LogP contribution in [-0.2, 0) is 33.2 Å². The van der Waals surface area contributed by atoms with Crippen LogP contribution < -0.4 is 0 Å². The summed E-state index contributed by atoms with van der Waals surface area (Å²) in [7, 11) is 0. The van der Waals surface area contributed by atoms with Crippen LogP contribution in [0.25, 0.3) is 0 Å². The molecule has 18 heteroatoms. The van der Waals surface area contributed by atoms with E-state index in [9.17, 15) is 61.0 Å². The molecular formula is C47H76O18. The van der Waals surface area contributed by atoms with E-state index in [1.165, 1.54) is 5.57 Å². The number of fused-ring (bicyclic) bond motifs is 7. The summed E-state index contributed by atoms with van der Waals surface area (Å²) in [5.74, 6) is -0.850. The van der Waals surface area contributed by atoms with Crippen molar-refractivity contribution in [1.29, 1.82) is 0 Å². The van der Waals surface area contributed by atoms with E-state index < -0.39 is 134 Å². The van der Waals surface area contributed by atoms with Crippen LogP contribution in [0.2, 0.25) is 0 Å². The highest BCUT2D eigenvalue weighted by Crippen LogP contribution is 2.76. The van der Waals surface area contributed by atoms with Gasteiger partial charge < -0.3 is 84.6 Å². The Labute approximate surface area is 380 Å². The first-order valence-electron chi connectivity index (χ1n) is 23.8. The van der Waals surface area contributed by atoms with Gasteiger partial charge in [-0.05, 0) is 103 Å². The third-order valence-electron chi connectivity index (χ3n) is 19.0. The summed E-state index contributed by atoms with van der Waals surface area (Å²) in [6, 6.07) is 0. The van der Waals surface area contributed by atoms with Gasteiger partial charge in [0.2, 0.25) is 0 Å². The van der Waals surface area contributed by atoms with E-state index in [1.807, 2.05) is 0 Å². The van der Waals surface area contributed by atoms with Crippen molar-refractivity contribution in [3.8, 4) is 0 Å². The number of aliphatic carboxylic acids is 1. The Bertz CT molecular complexity index is 1770. The van der Waals surface area contributed by atoms with Gasteiger partial charge in [-0.1, -0.05) is 60.1 Å². The summed E-state index contributed by atoms with van der Waals surface area (Å²) < 4.78 is 36.8. The highest BCUT2D eigenvalue weighted by Gasteiger charge is 2.71. The van der Waals surface area contributed by atoms with Crippen molar-refractivity contribution in [2.45, 2.75) is 204 Å². The fraction of sp³-hybridized carbons (Fsp3) is 0.936. The van der Waals surface area contributed by atoms with Crippen LogP contribution in [0.15, 0.2) is 11.6 Å². The Kier molecular flexibility index (Phi) is 13.4. The number of allylic oxidation sites excluding steroid dienone is 2. The van der Waals surface area contributed by atoms with Crippen LogP contribution in [0.1, 0.15) is 106 Å². The molecule has 372 valence electrons. The van der Waals surface area contributed by atoms with Crippen LogP contribution in [0.4, 0.5) is 0 Å². The maximum absolute atomic E-state index is 13.2. The standard InChI is InChI=1S/C47H76O18/c1-42(2)14-15-47(41(58)59)22(16-42)21-8-9-27-44(5)12-11-29(43(3,4)26(44)10-13-45(27,6)46(21,7)17-28(47)51)63-40-37(65-39-35(57)33(55)31(53)25(19-49)62-39)36(23(50)20-60-40)64-38-34(56)32(54)30(52)24(18-48)61-38/h8,22-40,48-57H,9-20H2,1-7H3,(H,58,59)/t22-,23-,24+,25+,26-,27+,28+,29-,30+,31+,32-,33-,34+,35+,36-,37+,38-,39-,40-,44-,45+,46+,47+/m0/s1. The summed E-state index contributed by atoms with van der Waals surface area (Å²) in [5.41, 5.74) is -1.46. The van der Waals surface area contributed by atoms with Crippen molar-refractivity contribution in [1.82, 2.24) is 0 Å². The summed E-state index contributed by atoms with van der Waals surface area (Å²) in [6.45, 7) is 13.9. The number of hydrogen-bond acceptors (Lipinski definition) is 17. The maximum Gasteiger partial charge on any atom is 0.312 e. The number of aliphatic hydroxyl groups excluding tert-OH is 10. The van der Waals surface area contributed by atoms with Gasteiger partial charge in [0.15, 0.2) is 18.9 Å². The van der Waals surface area contributed by atoms with Gasteiger partial charge in [0.05, 0.1) is 32.0 Å². The normalized spacial score (nSPS) is 54.0. The summed E-state index contributed by atoms with van der Waals surface area (Å²) in [6.07, 6.45) is -15.7. The number of aliphatic hydroxyl groups is 10. The van der Waals surface area contributed by atoms with Crippen LogP contribution in [0, 0.1) is 50.2 Å². The molecule has 3 heterocycles. The van der Waals surface area contributed by atoms with Gasteiger partial charge in [0.1, 0.15) is 72.6 Å². The molecule has 8 aliphatic rings. The van der Waals surface area contributed by atoms with Crippen LogP contribution >= 0.6 is 0 Å². The quantitative estimate of drug-likeness (QED) is 0.110. The fourth-order valence-corrected chi connectivity index (χ4v) is 15.0. The Morgan fingerprint density at radius 3 is 1.83 bits per heavy atom. The number of carboxylic acid groups (broad SMARTS) is 1. The predicted molar refractivity (Wildman–Crippen MR) is 226 cm³/mol. The van der Waals surface area contributed by atoms with Crippen LogP contribution in [0.5, 0.6) is 0 Å². The molecule has 8 rings (SSSR count). The van der Waals surface area contributed by atoms with E-state index in [-0.39, 0.29) is 40.6 Å². The molecule has 0 aromatic rings. The third-order valence-corrected chi connectivity index (χ3v) is 19.0. The first kappa shape index (κ1) is 50.0. The zero-order valence-corrected chi connectivity index (χ0v) is 38.8. The Morgan fingerprint density at radius 2 is 1.26 bits per heavy atom. The molecule has 65 heavy (non-hydrogen) atoms. The van der Waals surface area contributed by atoms with Crippen molar-refractivity contribution in [2.75, 3.05) is 19.8 Å². The van der Waals surface area contributed by atoms with Gasteiger partial charge in [-0.15, -0.1) is 0 Å². The van der Waals surface area contributed by atoms with Gasteiger partial charge in [-0.3, -0.25) is 4.79 Å². The first-order chi connectivity index (χ1) is 30.3. The van der Waals surface area contributed by atoms with Gasteiger partial charge in [-0.2, -0.15) is 0 Å². The minimum atomic E-state index is -1.86. The number of hydrogen-bond donors (Lipinski definition) is 11. The monoisotopic (exact) mass is 929 g/mol. The molecule has 4 saturated carbocycles. The van der Waals surface area contributed by atoms with E-state index in [2.05, 4.69) is 54.5 Å². The average molecular weight is 929 g/mol. The molecule has 23 atom stereocenters. The molecule has 3 saturated heterocycles. The van der Waals surface area contributed by atoms with E-state index in [0.717, 1.165) is 32.1 Å². The van der Waals surface area contributed by atoms with Crippen LogP contribution in [0.3, 0.4) is 0 Å². The lowest BCUT2D eigenvalue weighted by Crippen LogP contribution is -2.68. The first-order valence-corrected chi connectivity index (χ1v) is 23.8. The van der Waals surface area contributed by atoms with Crippen molar-refractivity contribution in [2.24, 2.45) is 50.2 Å². The lowest BCUT2D eigenvalue weighted by Gasteiger charge is -2.71. The van der Waals surface area contributed by atoms with Gasteiger partial charge >= 0.3 is 5.97 Å². The second kappa shape index (κ2) is 17.5. The third kappa shape index (κ3) is 7.71. The van der Waals surface area contributed by atoms with E-state index in [1.54, 1.807) is 0 Å². The highest BCUT2D eigenvalue weighted by molar-refractivity contribution is 5.77. The Hall–Kier alpha value is -1.43. The molecule has 0 unspecified atom stereocenters. The summed E-state index contributed by atoms with van der Waals surface area (Å²) in [4.78, 5) is 13.2. The van der Waals surface area contributed by atoms with Crippen LogP contribution in [-0.4, -0.2) is 180 Å². The smallest absolute Gasteiger partial charge is 0.312 e. The molecule has 5 aliphatic carbocycles. The van der Waals surface area contributed by atoms with Gasteiger partial charge in [0, 0.05) is 0 Å². The second-order valence-electron chi connectivity index (χ2n) is 23.1. The molecular weight excluding hydrogens is 852 g/mol. The molecule has 11 N–H and O–H groups in total.